The number of esters is 1. The van der Waals surface area contributed by atoms with Crippen LogP contribution < -0.4 is 5.32 Å². The molecule has 0 saturated heterocycles. The molecule has 1 amide bonds. The number of allylic oxidation sites excluding steroid dienone is 2. The van der Waals surface area contributed by atoms with Crippen LogP contribution in [-0.2, 0) is 14.3 Å². The third kappa shape index (κ3) is 45.9. The van der Waals surface area contributed by atoms with Crippen LogP contribution in [0.3, 0.4) is 0 Å². The van der Waals surface area contributed by atoms with E-state index < -0.39 is 12.1 Å². The van der Waals surface area contributed by atoms with E-state index in [0.29, 0.717) is 25.9 Å². The number of hydrogen-bond donors (Lipinski definition) is 3. The molecule has 0 aromatic heterocycles. The van der Waals surface area contributed by atoms with Crippen LogP contribution in [-0.4, -0.2) is 47.4 Å². The van der Waals surface area contributed by atoms with Gasteiger partial charge in [0.1, 0.15) is 0 Å². The molecule has 2 unspecified atom stereocenters. The summed E-state index contributed by atoms with van der Waals surface area (Å²) in [7, 11) is 0. The largest absolute Gasteiger partial charge is 0.466 e. The van der Waals surface area contributed by atoms with E-state index in [9.17, 15) is 19.8 Å². The van der Waals surface area contributed by atoms with Crippen molar-refractivity contribution in [3.8, 4) is 0 Å². The van der Waals surface area contributed by atoms with Crippen LogP contribution in [0.5, 0.6) is 0 Å². The van der Waals surface area contributed by atoms with Crippen LogP contribution in [0.4, 0.5) is 0 Å². The van der Waals surface area contributed by atoms with E-state index in [1.54, 1.807) is 0 Å². The second-order valence-electron chi connectivity index (χ2n) is 18.2. The fourth-order valence-electron chi connectivity index (χ4n) is 8.22. The Morgan fingerprint density at radius 1 is 0.458 bits per heavy atom. The predicted molar refractivity (Wildman–Crippen MR) is 255 cm³/mol. The summed E-state index contributed by atoms with van der Waals surface area (Å²) >= 11 is 0. The Morgan fingerprint density at radius 2 is 0.797 bits per heavy atom. The SMILES string of the molecule is CCCCCCCCCCCCCCCCCCCC(=O)OCCCCCCCCC/C=C\CCCCCCCC(=O)NC(CO)C(O)CCCCCCCCCCC. The zero-order chi connectivity index (χ0) is 43.0. The first kappa shape index (κ1) is 57.6. The summed E-state index contributed by atoms with van der Waals surface area (Å²) in [5.74, 6) is -0.0530. The maximum Gasteiger partial charge on any atom is 0.305 e. The quantitative estimate of drug-likeness (QED) is 0.0322. The highest BCUT2D eigenvalue weighted by molar-refractivity contribution is 5.76. The van der Waals surface area contributed by atoms with Gasteiger partial charge in [-0.2, -0.15) is 0 Å². The van der Waals surface area contributed by atoms with Crippen molar-refractivity contribution in [1.29, 1.82) is 0 Å². The van der Waals surface area contributed by atoms with E-state index in [1.807, 2.05) is 0 Å². The van der Waals surface area contributed by atoms with Gasteiger partial charge < -0.3 is 20.3 Å². The molecule has 0 aliphatic heterocycles. The van der Waals surface area contributed by atoms with E-state index in [4.69, 9.17) is 4.74 Å². The molecule has 0 fully saturated rings. The fourth-order valence-corrected chi connectivity index (χ4v) is 8.22. The summed E-state index contributed by atoms with van der Waals surface area (Å²) in [4.78, 5) is 24.4. The lowest BCUT2D eigenvalue weighted by Gasteiger charge is -2.22. The molecule has 3 N–H and O–H groups in total. The number of nitrogens with one attached hydrogen (secondary N) is 1. The first-order chi connectivity index (χ1) is 29.0. The Morgan fingerprint density at radius 3 is 1.20 bits per heavy atom. The minimum absolute atomic E-state index is 0.000963. The number of rotatable bonds is 49. The molecule has 2 atom stereocenters. The van der Waals surface area contributed by atoms with Crippen LogP contribution in [0.15, 0.2) is 12.2 Å². The summed E-state index contributed by atoms with van der Waals surface area (Å²) < 4.78 is 5.47. The van der Waals surface area contributed by atoms with Crippen molar-refractivity contribution in [1.82, 2.24) is 5.32 Å². The molecular weight excluding hydrogens is 731 g/mol. The number of ether oxygens (including phenoxy) is 1. The summed E-state index contributed by atoms with van der Waals surface area (Å²) in [6.07, 6.45) is 56.2. The average molecular weight is 834 g/mol. The van der Waals surface area contributed by atoms with Gasteiger partial charge in [0.25, 0.3) is 0 Å². The van der Waals surface area contributed by atoms with Gasteiger partial charge in [0.15, 0.2) is 0 Å². The minimum Gasteiger partial charge on any atom is -0.466 e. The topological polar surface area (TPSA) is 95.9 Å². The molecule has 6 nitrogen and oxygen atoms in total. The molecule has 59 heavy (non-hydrogen) atoms. The van der Waals surface area contributed by atoms with Crippen molar-refractivity contribution < 1.29 is 24.5 Å². The van der Waals surface area contributed by atoms with Gasteiger partial charge in [-0.3, -0.25) is 9.59 Å². The monoisotopic (exact) mass is 834 g/mol. The van der Waals surface area contributed by atoms with Gasteiger partial charge in [0, 0.05) is 12.8 Å². The molecule has 0 bridgehead atoms. The number of amides is 1. The van der Waals surface area contributed by atoms with Crippen LogP contribution in [0.25, 0.3) is 0 Å². The van der Waals surface area contributed by atoms with E-state index in [-0.39, 0.29) is 18.5 Å². The average Bonchev–Trinajstić information content (AvgIpc) is 3.24. The molecule has 0 aliphatic carbocycles. The Bertz CT molecular complexity index is 878. The maximum absolute atomic E-state index is 12.4. The molecular formula is C53H103NO5. The van der Waals surface area contributed by atoms with E-state index in [0.717, 1.165) is 64.2 Å². The normalized spacial score (nSPS) is 12.7. The van der Waals surface area contributed by atoms with Gasteiger partial charge in [-0.25, -0.2) is 0 Å². The predicted octanol–water partition coefficient (Wildman–Crippen LogP) is 15.7. The Balaban J connectivity index is 3.41. The first-order valence-corrected chi connectivity index (χ1v) is 26.4. The number of hydrogen-bond acceptors (Lipinski definition) is 5. The Kier molecular flexibility index (Phi) is 48.1. The summed E-state index contributed by atoms with van der Waals surface area (Å²) in [5, 5.41) is 23.0. The highest BCUT2D eigenvalue weighted by atomic mass is 16.5. The Labute approximate surface area is 368 Å². The molecule has 0 aliphatic rings. The fraction of sp³-hybridized carbons (Fsp3) is 0.925. The highest BCUT2D eigenvalue weighted by Crippen LogP contribution is 2.16. The molecule has 0 saturated carbocycles. The third-order valence-corrected chi connectivity index (χ3v) is 12.3. The van der Waals surface area contributed by atoms with E-state index in [2.05, 4.69) is 31.3 Å². The van der Waals surface area contributed by atoms with Crippen molar-refractivity contribution in [3.05, 3.63) is 12.2 Å². The smallest absolute Gasteiger partial charge is 0.305 e. The molecule has 0 radical (unpaired) electrons. The second-order valence-corrected chi connectivity index (χ2v) is 18.2. The van der Waals surface area contributed by atoms with Crippen molar-refractivity contribution in [2.24, 2.45) is 0 Å². The van der Waals surface area contributed by atoms with Crippen LogP contribution in [0.1, 0.15) is 290 Å². The van der Waals surface area contributed by atoms with Gasteiger partial charge in [-0.15, -0.1) is 0 Å². The van der Waals surface area contributed by atoms with E-state index in [1.165, 1.54) is 193 Å². The lowest BCUT2D eigenvalue weighted by Crippen LogP contribution is -2.45. The third-order valence-electron chi connectivity index (χ3n) is 12.3. The minimum atomic E-state index is -0.671. The lowest BCUT2D eigenvalue weighted by atomic mass is 10.0. The zero-order valence-electron chi connectivity index (χ0n) is 39.7. The molecule has 6 heteroatoms. The van der Waals surface area contributed by atoms with Crippen LogP contribution in [0, 0.1) is 0 Å². The van der Waals surface area contributed by atoms with Crippen LogP contribution >= 0.6 is 0 Å². The van der Waals surface area contributed by atoms with E-state index >= 15 is 0 Å². The van der Waals surface area contributed by atoms with Crippen molar-refractivity contribution in [3.63, 3.8) is 0 Å². The molecule has 0 aromatic rings. The van der Waals surface area contributed by atoms with Crippen LogP contribution in [0.2, 0.25) is 0 Å². The van der Waals surface area contributed by atoms with Crippen molar-refractivity contribution in [2.75, 3.05) is 13.2 Å². The number of carbonyl (C=O) groups excluding carboxylic acids is 2. The van der Waals surface area contributed by atoms with Gasteiger partial charge in [-0.05, 0) is 51.4 Å². The molecule has 350 valence electrons. The molecule has 0 aromatic carbocycles. The standard InChI is InChI=1S/C53H103NO5/c1-3-5-7-9-11-13-14-15-16-17-21-24-27-31-35-39-43-47-53(58)59-48-44-40-36-32-28-25-22-19-18-20-23-26-30-34-38-42-46-52(57)54-50(49-55)51(56)45-41-37-33-29-12-10-8-6-4-2/h18,20,50-51,55-56H,3-17,19,21-49H2,1-2H3,(H,54,57)/b20-18-. The number of aliphatic hydroxyl groups excluding tert-OH is 2. The Hall–Kier alpha value is -1.40. The summed E-state index contributed by atoms with van der Waals surface area (Å²) in [5.41, 5.74) is 0. The molecule has 0 rings (SSSR count). The van der Waals surface area contributed by atoms with Gasteiger partial charge in [0.05, 0.1) is 25.4 Å². The summed E-state index contributed by atoms with van der Waals surface area (Å²) in [6.45, 7) is 4.92. The molecule has 0 heterocycles. The highest BCUT2D eigenvalue weighted by Gasteiger charge is 2.20. The van der Waals surface area contributed by atoms with Crippen molar-refractivity contribution in [2.45, 2.75) is 302 Å². The van der Waals surface area contributed by atoms with Gasteiger partial charge in [0.2, 0.25) is 5.91 Å². The first-order valence-electron chi connectivity index (χ1n) is 26.4. The molecule has 0 spiro atoms. The maximum atomic E-state index is 12.4. The zero-order valence-corrected chi connectivity index (χ0v) is 39.7. The second kappa shape index (κ2) is 49.3. The number of aliphatic hydroxyl groups is 2. The van der Waals surface area contributed by atoms with Gasteiger partial charge in [-0.1, -0.05) is 238 Å². The summed E-state index contributed by atoms with van der Waals surface area (Å²) in [6, 6.07) is -0.550. The lowest BCUT2D eigenvalue weighted by molar-refractivity contribution is -0.143. The van der Waals surface area contributed by atoms with Gasteiger partial charge >= 0.3 is 5.97 Å². The van der Waals surface area contributed by atoms with Crippen molar-refractivity contribution >= 4 is 11.9 Å². The number of carbonyl (C=O) groups is 2. The number of unbranched alkanes of at least 4 members (excludes halogenated alkanes) is 36.